The van der Waals surface area contributed by atoms with Crippen LogP contribution in [0.15, 0.2) is 36.4 Å². The topological polar surface area (TPSA) is 52.2 Å². The van der Waals surface area contributed by atoms with Crippen molar-refractivity contribution in [3.8, 4) is 11.1 Å². The number of nitrogens with one attached hydrogen (secondary N) is 1. The smallest absolute Gasteiger partial charge is 0.419 e. The molecule has 0 saturated heterocycles. The fraction of sp³-hybridized carbons (Fsp3) is 0.0769. The number of anilines is 1. The largest absolute Gasteiger partial charge is 0.755 e. The minimum atomic E-state index is -4.77. The van der Waals surface area contributed by atoms with Crippen LogP contribution in [0.3, 0.4) is 0 Å². The molecule has 2 aromatic rings. The molecule has 0 aliphatic heterocycles. The third kappa shape index (κ3) is 3.76. The van der Waals surface area contributed by atoms with Crippen molar-refractivity contribution in [2.45, 2.75) is 6.18 Å². The Bertz CT molecular complexity index is 736. The van der Waals surface area contributed by atoms with E-state index in [0.717, 1.165) is 12.1 Å². The first-order chi connectivity index (χ1) is 10.2. The lowest BCUT2D eigenvalue weighted by molar-refractivity contribution is -0.139. The van der Waals surface area contributed by atoms with Crippen molar-refractivity contribution in [3.63, 3.8) is 0 Å². The van der Waals surface area contributed by atoms with E-state index in [4.69, 9.17) is 11.6 Å². The van der Waals surface area contributed by atoms with Crippen LogP contribution in [-0.4, -0.2) is 8.76 Å². The number of hydrogen-bond donors (Lipinski definition) is 1. The van der Waals surface area contributed by atoms with E-state index in [9.17, 15) is 26.3 Å². The van der Waals surface area contributed by atoms with Gasteiger partial charge in [-0.3, -0.25) is 4.21 Å². The second-order valence-corrected chi connectivity index (χ2v) is 5.30. The SMILES string of the molecule is O=S([O-])Nc1ccc(-c2ccc(C(F)(F)F)c(F)c2)cc1Cl. The number of halogens is 5. The fourth-order valence-electron chi connectivity index (χ4n) is 1.79. The van der Waals surface area contributed by atoms with E-state index >= 15 is 0 Å². The Labute approximate surface area is 130 Å². The number of benzene rings is 2. The molecule has 0 fully saturated rings. The molecule has 0 aromatic heterocycles. The summed E-state index contributed by atoms with van der Waals surface area (Å²) in [5.41, 5.74) is -0.726. The molecule has 0 saturated carbocycles. The lowest BCUT2D eigenvalue weighted by atomic mass is 10.0. The van der Waals surface area contributed by atoms with Gasteiger partial charge in [0.1, 0.15) is 5.82 Å². The first kappa shape index (κ1) is 16.7. The highest BCUT2D eigenvalue weighted by atomic mass is 35.5. The average Bonchev–Trinajstić information content (AvgIpc) is 2.39. The molecule has 1 atom stereocenters. The lowest BCUT2D eigenvalue weighted by Gasteiger charge is -2.12. The zero-order chi connectivity index (χ0) is 16.5. The van der Waals surface area contributed by atoms with Crippen molar-refractivity contribution in [2.24, 2.45) is 0 Å². The molecular weight excluding hydrogens is 346 g/mol. The summed E-state index contributed by atoms with van der Waals surface area (Å²) in [6.45, 7) is 0. The Morgan fingerprint density at radius 2 is 1.68 bits per heavy atom. The first-order valence-corrected chi connectivity index (χ1v) is 7.16. The molecule has 0 heterocycles. The highest BCUT2D eigenvalue weighted by molar-refractivity contribution is 7.80. The summed E-state index contributed by atoms with van der Waals surface area (Å²) in [4.78, 5) is 0. The van der Waals surface area contributed by atoms with Crippen LogP contribution in [0, 0.1) is 5.82 Å². The quantitative estimate of drug-likeness (QED) is 0.658. The molecule has 0 spiro atoms. The monoisotopic (exact) mass is 352 g/mol. The summed E-state index contributed by atoms with van der Waals surface area (Å²) in [7, 11) is 0. The Balaban J connectivity index is 2.39. The van der Waals surface area contributed by atoms with Gasteiger partial charge in [0, 0.05) is 11.3 Å². The molecule has 2 rings (SSSR count). The van der Waals surface area contributed by atoms with Gasteiger partial charge in [-0.1, -0.05) is 23.7 Å². The van der Waals surface area contributed by atoms with E-state index in [2.05, 4.69) is 4.72 Å². The highest BCUT2D eigenvalue weighted by Gasteiger charge is 2.33. The molecule has 0 radical (unpaired) electrons. The third-order valence-electron chi connectivity index (χ3n) is 2.77. The molecule has 0 aliphatic carbocycles. The zero-order valence-electron chi connectivity index (χ0n) is 10.6. The van der Waals surface area contributed by atoms with E-state index < -0.39 is 28.8 Å². The molecule has 2 aromatic carbocycles. The van der Waals surface area contributed by atoms with E-state index in [1.807, 2.05) is 0 Å². The van der Waals surface area contributed by atoms with Gasteiger partial charge in [0.05, 0.1) is 16.3 Å². The van der Waals surface area contributed by atoms with Gasteiger partial charge >= 0.3 is 6.18 Å². The van der Waals surface area contributed by atoms with Gasteiger partial charge in [-0.05, 0) is 35.4 Å². The Morgan fingerprint density at radius 1 is 1.09 bits per heavy atom. The summed E-state index contributed by atoms with van der Waals surface area (Å²) in [5, 5.41) is 0.0296. The molecule has 0 aliphatic rings. The van der Waals surface area contributed by atoms with Crippen LogP contribution >= 0.6 is 11.6 Å². The normalized spacial score (nSPS) is 13.0. The van der Waals surface area contributed by atoms with Crippen LogP contribution in [0.5, 0.6) is 0 Å². The number of hydrogen-bond acceptors (Lipinski definition) is 2. The summed E-state index contributed by atoms with van der Waals surface area (Å²) < 4.78 is 74.1. The summed E-state index contributed by atoms with van der Waals surface area (Å²) in [6, 6.07) is 6.53. The molecule has 0 bridgehead atoms. The zero-order valence-corrected chi connectivity index (χ0v) is 12.2. The van der Waals surface area contributed by atoms with Crippen molar-refractivity contribution >= 4 is 28.6 Å². The van der Waals surface area contributed by atoms with Crippen LogP contribution < -0.4 is 4.72 Å². The molecule has 22 heavy (non-hydrogen) atoms. The molecule has 118 valence electrons. The van der Waals surface area contributed by atoms with Gasteiger partial charge in [0.15, 0.2) is 0 Å². The highest BCUT2D eigenvalue weighted by Crippen LogP contribution is 2.34. The summed E-state index contributed by atoms with van der Waals surface area (Å²) in [5.74, 6) is -1.40. The van der Waals surface area contributed by atoms with Gasteiger partial charge in [0.25, 0.3) is 0 Å². The van der Waals surface area contributed by atoms with Gasteiger partial charge in [-0.2, -0.15) is 13.2 Å². The van der Waals surface area contributed by atoms with E-state index in [0.29, 0.717) is 11.6 Å². The molecule has 9 heteroatoms. The Hall–Kier alpha value is -1.64. The third-order valence-corrected chi connectivity index (χ3v) is 3.47. The van der Waals surface area contributed by atoms with Gasteiger partial charge in [-0.15, -0.1) is 0 Å². The van der Waals surface area contributed by atoms with Crippen LogP contribution in [-0.2, 0) is 17.4 Å². The van der Waals surface area contributed by atoms with Gasteiger partial charge in [0.2, 0.25) is 0 Å². The summed E-state index contributed by atoms with van der Waals surface area (Å²) >= 11 is 3.29. The van der Waals surface area contributed by atoms with E-state index in [1.54, 1.807) is 0 Å². The van der Waals surface area contributed by atoms with Crippen molar-refractivity contribution in [3.05, 3.63) is 52.8 Å². The first-order valence-electron chi connectivity index (χ1n) is 5.71. The maximum absolute atomic E-state index is 13.5. The lowest BCUT2D eigenvalue weighted by Crippen LogP contribution is -2.07. The number of alkyl halides is 3. The fourth-order valence-corrected chi connectivity index (χ4v) is 2.43. The van der Waals surface area contributed by atoms with Crippen molar-refractivity contribution in [2.75, 3.05) is 4.72 Å². The van der Waals surface area contributed by atoms with E-state index in [-0.39, 0.29) is 16.3 Å². The second-order valence-electron chi connectivity index (χ2n) is 4.22. The molecular formula is C13H7ClF4NO2S-. The standard InChI is InChI=1S/C13H8ClF4NO2S/c14-10-5-7(2-4-12(10)19-22(20)21)8-1-3-9(11(15)6-8)13(16,17)18/h1-6,19H,(H,20,21)/p-1. The van der Waals surface area contributed by atoms with Gasteiger partial charge < -0.3 is 9.27 Å². The maximum atomic E-state index is 13.5. The van der Waals surface area contributed by atoms with Crippen molar-refractivity contribution in [1.82, 2.24) is 0 Å². The minimum absolute atomic E-state index is 0.0296. The molecule has 1 N–H and O–H groups in total. The minimum Gasteiger partial charge on any atom is -0.755 e. The molecule has 1 unspecified atom stereocenters. The van der Waals surface area contributed by atoms with Crippen LogP contribution in [0.25, 0.3) is 11.1 Å². The Morgan fingerprint density at radius 3 is 2.18 bits per heavy atom. The van der Waals surface area contributed by atoms with Gasteiger partial charge in [-0.25, -0.2) is 4.39 Å². The number of rotatable bonds is 3. The predicted molar refractivity (Wildman–Crippen MR) is 74.4 cm³/mol. The Kier molecular flexibility index (Phi) is 4.74. The summed E-state index contributed by atoms with van der Waals surface area (Å²) in [6.07, 6.45) is -4.77. The maximum Gasteiger partial charge on any atom is 0.419 e. The van der Waals surface area contributed by atoms with Crippen LogP contribution in [0.1, 0.15) is 5.56 Å². The van der Waals surface area contributed by atoms with Crippen molar-refractivity contribution in [1.29, 1.82) is 0 Å². The van der Waals surface area contributed by atoms with Crippen LogP contribution in [0.2, 0.25) is 5.02 Å². The van der Waals surface area contributed by atoms with Crippen LogP contribution in [0.4, 0.5) is 23.2 Å². The molecule has 3 nitrogen and oxygen atoms in total. The second kappa shape index (κ2) is 6.23. The molecule has 0 amide bonds. The van der Waals surface area contributed by atoms with E-state index in [1.165, 1.54) is 18.2 Å². The predicted octanol–water partition coefficient (Wildman–Crippen LogP) is 4.37. The average molecular weight is 353 g/mol. The van der Waals surface area contributed by atoms with Crippen molar-refractivity contribution < 1.29 is 26.3 Å².